The lowest BCUT2D eigenvalue weighted by molar-refractivity contribution is -0.387. The van der Waals surface area contributed by atoms with Gasteiger partial charge in [-0.25, -0.2) is 4.39 Å². The Morgan fingerprint density at radius 2 is 1.90 bits per heavy atom. The van der Waals surface area contributed by atoms with Crippen LogP contribution >= 0.6 is 0 Å². The summed E-state index contributed by atoms with van der Waals surface area (Å²) in [5.41, 5.74) is 1.07. The summed E-state index contributed by atoms with van der Waals surface area (Å²) >= 11 is 0. The maximum absolute atomic E-state index is 13.6. The molecule has 0 fully saturated rings. The van der Waals surface area contributed by atoms with Crippen LogP contribution in [0.3, 0.4) is 0 Å². The molecular weight excluding hydrogens is 266 g/mol. The van der Waals surface area contributed by atoms with Crippen molar-refractivity contribution >= 4 is 11.4 Å². The normalized spacial score (nSPS) is 10.3. The standard InChI is InChI=1S/C14H12F2N2O2/c1-9-4-2-3-5-13(9)17-8-10-6-14(18(19)20)12(16)7-11(10)15/h2-7,17H,8H2,1H3. The van der Waals surface area contributed by atoms with Crippen molar-refractivity contribution in [2.45, 2.75) is 13.5 Å². The smallest absolute Gasteiger partial charge is 0.305 e. The summed E-state index contributed by atoms with van der Waals surface area (Å²) in [5, 5.41) is 13.6. The van der Waals surface area contributed by atoms with E-state index in [0.29, 0.717) is 6.07 Å². The summed E-state index contributed by atoms with van der Waals surface area (Å²) in [4.78, 5) is 9.77. The molecule has 0 saturated carbocycles. The predicted octanol–water partition coefficient (Wildman–Crippen LogP) is 3.79. The average Bonchev–Trinajstić information content (AvgIpc) is 2.39. The van der Waals surface area contributed by atoms with Crippen LogP contribution in [0.2, 0.25) is 0 Å². The monoisotopic (exact) mass is 278 g/mol. The Morgan fingerprint density at radius 1 is 1.20 bits per heavy atom. The second-order valence-electron chi connectivity index (χ2n) is 4.32. The van der Waals surface area contributed by atoms with Crippen LogP contribution < -0.4 is 5.32 Å². The number of anilines is 1. The summed E-state index contributed by atoms with van der Waals surface area (Å²) in [7, 11) is 0. The Kier molecular flexibility index (Phi) is 3.93. The molecule has 6 heteroatoms. The largest absolute Gasteiger partial charge is 0.381 e. The van der Waals surface area contributed by atoms with Gasteiger partial charge in [0.2, 0.25) is 5.82 Å². The molecule has 0 heterocycles. The maximum atomic E-state index is 13.6. The minimum Gasteiger partial charge on any atom is -0.381 e. The van der Waals surface area contributed by atoms with Crippen LogP contribution in [-0.2, 0) is 6.54 Å². The molecular formula is C14H12F2N2O2. The van der Waals surface area contributed by atoms with E-state index in [0.717, 1.165) is 17.3 Å². The van der Waals surface area contributed by atoms with Crippen molar-refractivity contribution in [3.05, 3.63) is 69.3 Å². The first kappa shape index (κ1) is 13.9. The molecule has 0 unspecified atom stereocenters. The number of nitro benzene ring substituents is 1. The van der Waals surface area contributed by atoms with Gasteiger partial charge in [0.1, 0.15) is 5.82 Å². The minimum absolute atomic E-state index is 0.0395. The molecule has 20 heavy (non-hydrogen) atoms. The van der Waals surface area contributed by atoms with Gasteiger partial charge in [-0.2, -0.15) is 4.39 Å². The van der Waals surface area contributed by atoms with E-state index in [-0.39, 0.29) is 12.1 Å². The van der Waals surface area contributed by atoms with Gasteiger partial charge in [-0.3, -0.25) is 10.1 Å². The number of aryl methyl sites for hydroxylation is 1. The van der Waals surface area contributed by atoms with E-state index in [9.17, 15) is 18.9 Å². The number of nitro groups is 1. The molecule has 0 radical (unpaired) electrons. The molecule has 0 spiro atoms. The Bertz CT molecular complexity index is 660. The van der Waals surface area contributed by atoms with E-state index < -0.39 is 22.2 Å². The van der Waals surface area contributed by atoms with Gasteiger partial charge < -0.3 is 5.32 Å². The van der Waals surface area contributed by atoms with Crippen LogP contribution in [-0.4, -0.2) is 4.92 Å². The Morgan fingerprint density at radius 3 is 2.55 bits per heavy atom. The first-order valence-electron chi connectivity index (χ1n) is 5.91. The third-order valence-electron chi connectivity index (χ3n) is 2.93. The van der Waals surface area contributed by atoms with E-state index in [1.54, 1.807) is 0 Å². The van der Waals surface area contributed by atoms with Crippen molar-refractivity contribution in [1.29, 1.82) is 0 Å². The zero-order chi connectivity index (χ0) is 14.7. The fourth-order valence-electron chi connectivity index (χ4n) is 1.82. The molecule has 0 aromatic heterocycles. The summed E-state index contributed by atoms with van der Waals surface area (Å²) < 4.78 is 26.8. The number of hydrogen-bond acceptors (Lipinski definition) is 3. The number of nitrogens with zero attached hydrogens (tertiary/aromatic N) is 1. The molecule has 0 amide bonds. The van der Waals surface area contributed by atoms with Crippen molar-refractivity contribution < 1.29 is 13.7 Å². The van der Waals surface area contributed by atoms with Crippen molar-refractivity contribution in [2.24, 2.45) is 0 Å². The first-order valence-corrected chi connectivity index (χ1v) is 5.91. The molecule has 1 N–H and O–H groups in total. The number of nitrogens with one attached hydrogen (secondary N) is 1. The highest BCUT2D eigenvalue weighted by Gasteiger charge is 2.18. The van der Waals surface area contributed by atoms with Gasteiger partial charge in [-0.15, -0.1) is 0 Å². The molecule has 2 aromatic rings. The fraction of sp³-hybridized carbons (Fsp3) is 0.143. The highest BCUT2D eigenvalue weighted by molar-refractivity contribution is 5.51. The molecule has 0 atom stereocenters. The third-order valence-corrected chi connectivity index (χ3v) is 2.93. The van der Waals surface area contributed by atoms with Crippen molar-refractivity contribution in [1.82, 2.24) is 0 Å². The van der Waals surface area contributed by atoms with Crippen LogP contribution in [0.15, 0.2) is 36.4 Å². The van der Waals surface area contributed by atoms with E-state index in [2.05, 4.69) is 5.32 Å². The quantitative estimate of drug-likeness (QED) is 0.683. The first-order chi connectivity index (χ1) is 9.49. The van der Waals surface area contributed by atoms with E-state index in [1.165, 1.54) is 0 Å². The lowest BCUT2D eigenvalue weighted by atomic mass is 10.1. The van der Waals surface area contributed by atoms with Crippen LogP contribution in [0.25, 0.3) is 0 Å². The number of rotatable bonds is 4. The summed E-state index contributed by atoms with van der Waals surface area (Å²) in [6.07, 6.45) is 0. The van der Waals surface area contributed by atoms with Crippen molar-refractivity contribution in [2.75, 3.05) is 5.32 Å². The zero-order valence-corrected chi connectivity index (χ0v) is 10.7. The number of benzene rings is 2. The second kappa shape index (κ2) is 5.64. The third kappa shape index (κ3) is 2.90. The number of para-hydroxylation sites is 1. The van der Waals surface area contributed by atoms with Gasteiger partial charge in [-0.1, -0.05) is 18.2 Å². The zero-order valence-electron chi connectivity index (χ0n) is 10.7. The molecule has 104 valence electrons. The molecule has 2 rings (SSSR count). The average molecular weight is 278 g/mol. The van der Waals surface area contributed by atoms with Crippen LogP contribution in [0, 0.1) is 28.7 Å². The van der Waals surface area contributed by atoms with Gasteiger partial charge in [0.15, 0.2) is 0 Å². The van der Waals surface area contributed by atoms with E-state index >= 15 is 0 Å². The fourth-order valence-corrected chi connectivity index (χ4v) is 1.82. The Balaban J connectivity index is 2.24. The maximum Gasteiger partial charge on any atom is 0.305 e. The van der Waals surface area contributed by atoms with Gasteiger partial charge in [0.05, 0.1) is 4.92 Å². The molecule has 0 aliphatic heterocycles. The lowest BCUT2D eigenvalue weighted by Gasteiger charge is -2.10. The Labute approximate surface area is 114 Å². The predicted molar refractivity (Wildman–Crippen MR) is 71.5 cm³/mol. The van der Waals surface area contributed by atoms with Crippen molar-refractivity contribution in [3.8, 4) is 0 Å². The van der Waals surface area contributed by atoms with Crippen LogP contribution in [0.1, 0.15) is 11.1 Å². The molecule has 0 saturated heterocycles. The van der Waals surface area contributed by atoms with Crippen LogP contribution in [0.5, 0.6) is 0 Å². The van der Waals surface area contributed by atoms with Crippen LogP contribution in [0.4, 0.5) is 20.2 Å². The minimum atomic E-state index is -1.17. The van der Waals surface area contributed by atoms with E-state index in [4.69, 9.17) is 0 Å². The lowest BCUT2D eigenvalue weighted by Crippen LogP contribution is -2.05. The number of halogens is 2. The van der Waals surface area contributed by atoms with Gasteiger partial charge in [0.25, 0.3) is 0 Å². The topological polar surface area (TPSA) is 55.2 Å². The molecule has 0 aliphatic carbocycles. The molecule has 4 nitrogen and oxygen atoms in total. The highest BCUT2D eigenvalue weighted by Crippen LogP contribution is 2.23. The van der Waals surface area contributed by atoms with Gasteiger partial charge in [0, 0.05) is 29.9 Å². The van der Waals surface area contributed by atoms with Crippen molar-refractivity contribution in [3.63, 3.8) is 0 Å². The summed E-state index contributed by atoms with van der Waals surface area (Å²) in [6, 6.07) is 8.82. The second-order valence-corrected chi connectivity index (χ2v) is 4.32. The van der Waals surface area contributed by atoms with E-state index in [1.807, 2.05) is 31.2 Å². The van der Waals surface area contributed by atoms with Gasteiger partial charge in [-0.05, 0) is 18.6 Å². The molecule has 2 aromatic carbocycles. The SMILES string of the molecule is Cc1ccccc1NCc1cc([N+](=O)[O-])c(F)cc1F. The molecule has 0 aliphatic rings. The number of hydrogen-bond donors (Lipinski definition) is 1. The Hall–Kier alpha value is -2.50. The summed E-state index contributed by atoms with van der Waals surface area (Å²) in [6.45, 7) is 1.92. The molecule has 0 bridgehead atoms. The summed E-state index contributed by atoms with van der Waals surface area (Å²) in [5.74, 6) is -1.98. The van der Waals surface area contributed by atoms with Gasteiger partial charge >= 0.3 is 5.69 Å². The highest BCUT2D eigenvalue weighted by atomic mass is 19.1.